The zero-order valence-corrected chi connectivity index (χ0v) is 13.3. The van der Waals surface area contributed by atoms with Crippen molar-refractivity contribution in [2.75, 3.05) is 13.7 Å². The largest absolute Gasteiger partial charge is 0.497 e. The van der Waals surface area contributed by atoms with Crippen molar-refractivity contribution in [1.82, 2.24) is 5.32 Å². The number of fused-ring (bicyclic) bond motifs is 1. The summed E-state index contributed by atoms with van der Waals surface area (Å²) in [4.78, 5) is 1.40. The number of methoxy groups -OCH3 is 1. The molecular weight excluding hydrogens is 282 g/mol. The molecule has 21 heavy (non-hydrogen) atoms. The topological polar surface area (TPSA) is 30.5 Å². The van der Waals surface area contributed by atoms with Gasteiger partial charge in [0, 0.05) is 28.9 Å². The van der Waals surface area contributed by atoms with Crippen molar-refractivity contribution in [2.24, 2.45) is 0 Å². The van der Waals surface area contributed by atoms with E-state index in [1.807, 2.05) is 23.5 Å². The van der Waals surface area contributed by atoms with Gasteiger partial charge in [-0.25, -0.2) is 0 Å². The highest BCUT2D eigenvalue weighted by molar-refractivity contribution is 7.10. The number of hydrogen-bond acceptors (Lipinski definition) is 4. The third-order valence-electron chi connectivity index (χ3n) is 3.95. The van der Waals surface area contributed by atoms with Gasteiger partial charge in [-0.3, -0.25) is 0 Å². The average Bonchev–Trinajstić information content (AvgIpc) is 3.06. The second-order valence-corrected chi connectivity index (χ2v) is 6.22. The Bertz CT molecular complexity index is 582. The first kappa shape index (κ1) is 14.4. The Morgan fingerprint density at radius 2 is 2.33 bits per heavy atom. The van der Waals surface area contributed by atoms with Crippen molar-refractivity contribution in [3.05, 3.63) is 46.2 Å². The van der Waals surface area contributed by atoms with Crippen molar-refractivity contribution >= 4 is 11.3 Å². The van der Waals surface area contributed by atoms with Crippen LogP contribution < -0.4 is 14.8 Å². The summed E-state index contributed by atoms with van der Waals surface area (Å²) in [7, 11) is 1.70. The molecule has 1 aromatic carbocycles. The molecule has 0 fully saturated rings. The maximum absolute atomic E-state index is 5.77. The molecule has 0 bridgehead atoms. The van der Waals surface area contributed by atoms with Crippen LogP contribution in [0.3, 0.4) is 0 Å². The third-order valence-corrected chi connectivity index (χ3v) is 4.94. The molecule has 1 N–H and O–H groups in total. The van der Waals surface area contributed by atoms with Crippen LogP contribution in [0.25, 0.3) is 0 Å². The summed E-state index contributed by atoms with van der Waals surface area (Å²) >= 11 is 1.81. The molecule has 2 atom stereocenters. The smallest absolute Gasteiger partial charge is 0.124 e. The quantitative estimate of drug-likeness (QED) is 0.892. The first-order valence-corrected chi connectivity index (χ1v) is 8.30. The molecule has 0 saturated heterocycles. The summed E-state index contributed by atoms with van der Waals surface area (Å²) in [6, 6.07) is 11.1. The van der Waals surface area contributed by atoms with Gasteiger partial charge in [-0.15, -0.1) is 11.3 Å². The van der Waals surface area contributed by atoms with Crippen molar-refractivity contribution in [2.45, 2.75) is 31.8 Å². The summed E-state index contributed by atoms with van der Waals surface area (Å²) in [6.45, 7) is 2.99. The van der Waals surface area contributed by atoms with Crippen LogP contribution >= 0.6 is 11.3 Å². The van der Waals surface area contributed by atoms with Crippen LogP contribution in [-0.4, -0.2) is 13.7 Å². The second kappa shape index (κ2) is 6.50. The van der Waals surface area contributed by atoms with Crippen LogP contribution in [0.1, 0.15) is 42.3 Å². The minimum Gasteiger partial charge on any atom is -0.497 e. The molecule has 2 aromatic rings. The van der Waals surface area contributed by atoms with E-state index in [0.29, 0.717) is 12.1 Å². The van der Waals surface area contributed by atoms with Crippen molar-refractivity contribution in [3.63, 3.8) is 0 Å². The molecule has 2 unspecified atom stereocenters. The van der Waals surface area contributed by atoms with Gasteiger partial charge in [0.25, 0.3) is 0 Å². The number of benzene rings is 1. The SMILES string of the molecule is CCC(NC1CCOc2ccc(OC)cc21)c1cccs1. The molecule has 0 aliphatic carbocycles. The molecule has 112 valence electrons. The number of ether oxygens (including phenoxy) is 2. The van der Waals surface area contributed by atoms with E-state index in [9.17, 15) is 0 Å². The summed E-state index contributed by atoms with van der Waals surface area (Å²) in [6.07, 6.45) is 2.07. The standard InChI is InChI=1S/C17H21NO2S/c1-3-14(17-5-4-10-21-17)18-15-8-9-20-16-7-6-12(19-2)11-13(15)16/h4-7,10-11,14-15,18H,3,8-9H2,1-2H3. The van der Waals surface area contributed by atoms with Gasteiger partial charge in [0.05, 0.1) is 13.7 Å². The Kier molecular flexibility index (Phi) is 4.46. The summed E-state index contributed by atoms with van der Waals surface area (Å²) in [5, 5.41) is 5.93. The number of thiophene rings is 1. The van der Waals surface area contributed by atoms with Gasteiger partial charge >= 0.3 is 0 Å². The molecule has 4 heteroatoms. The van der Waals surface area contributed by atoms with Crippen LogP contribution in [0, 0.1) is 0 Å². The van der Waals surface area contributed by atoms with Crippen molar-refractivity contribution in [3.8, 4) is 11.5 Å². The lowest BCUT2D eigenvalue weighted by atomic mass is 9.98. The minimum absolute atomic E-state index is 0.316. The first-order chi connectivity index (χ1) is 10.3. The number of nitrogens with one attached hydrogen (secondary N) is 1. The molecule has 0 radical (unpaired) electrons. The van der Waals surface area contributed by atoms with Crippen LogP contribution in [0.2, 0.25) is 0 Å². The zero-order chi connectivity index (χ0) is 14.7. The van der Waals surface area contributed by atoms with E-state index in [2.05, 4.69) is 35.8 Å². The molecule has 1 aliphatic rings. The van der Waals surface area contributed by atoms with Crippen molar-refractivity contribution < 1.29 is 9.47 Å². The van der Waals surface area contributed by atoms with E-state index >= 15 is 0 Å². The van der Waals surface area contributed by atoms with Crippen molar-refractivity contribution in [1.29, 1.82) is 0 Å². The van der Waals surface area contributed by atoms with Gasteiger partial charge in [0.1, 0.15) is 11.5 Å². The summed E-state index contributed by atoms with van der Waals surface area (Å²) in [5.41, 5.74) is 1.20. The Balaban J connectivity index is 1.84. The van der Waals surface area contributed by atoms with E-state index in [4.69, 9.17) is 9.47 Å². The van der Waals surface area contributed by atoms with Crippen LogP contribution in [-0.2, 0) is 0 Å². The van der Waals surface area contributed by atoms with Gasteiger partial charge in [0.15, 0.2) is 0 Å². The van der Waals surface area contributed by atoms with Gasteiger partial charge in [0.2, 0.25) is 0 Å². The maximum Gasteiger partial charge on any atom is 0.124 e. The first-order valence-electron chi connectivity index (χ1n) is 7.42. The lowest BCUT2D eigenvalue weighted by molar-refractivity contribution is 0.242. The molecule has 1 aromatic heterocycles. The van der Waals surface area contributed by atoms with Gasteiger partial charge in [-0.1, -0.05) is 13.0 Å². The predicted molar refractivity (Wildman–Crippen MR) is 86.3 cm³/mol. The fourth-order valence-corrected chi connectivity index (χ4v) is 3.68. The Morgan fingerprint density at radius 3 is 3.05 bits per heavy atom. The third kappa shape index (κ3) is 3.06. The Hall–Kier alpha value is -1.52. The molecule has 3 rings (SSSR count). The highest BCUT2D eigenvalue weighted by Crippen LogP contribution is 2.37. The summed E-state index contributed by atoms with van der Waals surface area (Å²) < 4.78 is 11.1. The monoisotopic (exact) mass is 303 g/mol. The van der Waals surface area contributed by atoms with Crippen LogP contribution in [0.5, 0.6) is 11.5 Å². The highest BCUT2D eigenvalue weighted by atomic mass is 32.1. The molecule has 3 nitrogen and oxygen atoms in total. The molecule has 1 aliphatic heterocycles. The fraction of sp³-hybridized carbons (Fsp3) is 0.412. The zero-order valence-electron chi connectivity index (χ0n) is 12.5. The Labute approximate surface area is 129 Å². The number of hydrogen-bond donors (Lipinski definition) is 1. The molecular formula is C17H21NO2S. The lowest BCUT2D eigenvalue weighted by Gasteiger charge is -2.30. The maximum atomic E-state index is 5.77. The van der Waals surface area contributed by atoms with E-state index in [1.54, 1.807) is 7.11 Å². The summed E-state index contributed by atoms with van der Waals surface area (Å²) in [5.74, 6) is 1.86. The van der Waals surface area contributed by atoms with Crippen LogP contribution in [0.4, 0.5) is 0 Å². The molecule has 2 heterocycles. The molecule has 0 saturated carbocycles. The number of rotatable bonds is 5. The molecule has 0 amide bonds. The van der Waals surface area contributed by atoms with Gasteiger partial charge in [-0.05, 0) is 36.1 Å². The van der Waals surface area contributed by atoms with Crippen LogP contribution in [0.15, 0.2) is 35.7 Å². The highest BCUT2D eigenvalue weighted by Gasteiger charge is 2.24. The van der Waals surface area contributed by atoms with E-state index < -0.39 is 0 Å². The fourth-order valence-electron chi connectivity index (χ4n) is 2.81. The van der Waals surface area contributed by atoms with E-state index in [0.717, 1.165) is 30.9 Å². The van der Waals surface area contributed by atoms with E-state index in [-0.39, 0.29) is 0 Å². The minimum atomic E-state index is 0.316. The molecule has 0 spiro atoms. The normalized spacial score (nSPS) is 18.7. The average molecular weight is 303 g/mol. The Morgan fingerprint density at radius 1 is 1.43 bits per heavy atom. The van der Waals surface area contributed by atoms with E-state index in [1.165, 1.54) is 10.4 Å². The second-order valence-electron chi connectivity index (χ2n) is 5.24. The predicted octanol–water partition coefficient (Wildman–Crippen LogP) is 4.32. The van der Waals surface area contributed by atoms with Gasteiger partial charge < -0.3 is 14.8 Å². The van der Waals surface area contributed by atoms with Gasteiger partial charge in [-0.2, -0.15) is 0 Å². The lowest BCUT2D eigenvalue weighted by Crippen LogP contribution is -2.30.